The van der Waals surface area contributed by atoms with Crippen LogP contribution < -0.4 is 0 Å². The molecule has 0 heterocycles. The average Bonchev–Trinajstić information content (AvgIpc) is 2.18. The summed E-state index contributed by atoms with van der Waals surface area (Å²) in [6, 6.07) is 6.90. The van der Waals surface area contributed by atoms with Crippen LogP contribution in [0.1, 0.15) is 17.3 Å². The number of ketones is 1. The van der Waals surface area contributed by atoms with E-state index in [4.69, 9.17) is 16.3 Å². The molecule has 1 atom stereocenters. The van der Waals surface area contributed by atoms with Gasteiger partial charge >= 0.3 is 0 Å². The predicted octanol–water partition coefficient (Wildman–Crippen LogP) is 2.81. The summed E-state index contributed by atoms with van der Waals surface area (Å²) in [5.74, 6) is -0.0234. The minimum absolute atomic E-state index is 0.0866. The van der Waals surface area contributed by atoms with E-state index in [0.29, 0.717) is 17.2 Å². The van der Waals surface area contributed by atoms with Gasteiger partial charge in [-0.3, -0.25) is 4.79 Å². The number of benzene rings is 1. The van der Waals surface area contributed by atoms with Gasteiger partial charge in [0.15, 0.2) is 5.78 Å². The Morgan fingerprint density at radius 2 is 2.00 bits per heavy atom. The van der Waals surface area contributed by atoms with Crippen molar-refractivity contribution in [3.63, 3.8) is 0 Å². The lowest BCUT2D eigenvalue weighted by atomic mass is 10.0. The lowest BCUT2D eigenvalue weighted by Gasteiger charge is -2.08. The van der Waals surface area contributed by atoms with Crippen molar-refractivity contribution in [1.82, 2.24) is 0 Å². The maximum atomic E-state index is 11.7. The normalized spacial score (nSPS) is 12.5. The summed E-state index contributed by atoms with van der Waals surface area (Å²) >= 11 is 5.72. The summed E-state index contributed by atoms with van der Waals surface area (Å²) in [7, 11) is 1.59. The van der Waals surface area contributed by atoms with E-state index >= 15 is 0 Å². The molecule has 76 valence electrons. The second-order valence-electron chi connectivity index (χ2n) is 3.23. The third-order valence-electron chi connectivity index (χ3n) is 1.99. The van der Waals surface area contributed by atoms with Crippen molar-refractivity contribution in [1.29, 1.82) is 0 Å². The summed E-state index contributed by atoms with van der Waals surface area (Å²) in [4.78, 5) is 11.7. The maximum absolute atomic E-state index is 11.7. The van der Waals surface area contributed by atoms with E-state index in [0.717, 1.165) is 0 Å². The molecule has 2 nitrogen and oxygen atoms in total. The number of methoxy groups -OCH3 is 1. The monoisotopic (exact) mass is 212 g/mol. The second kappa shape index (κ2) is 5.13. The van der Waals surface area contributed by atoms with Gasteiger partial charge in [0.2, 0.25) is 0 Å². The summed E-state index contributed by atoms with van der Waals surface area (Å²) < 4.78 is 4.92. The van der Waals surface area contributed by atoms with Gasteiger partial charge in [0.05, 0.1) is 6.61 Å². The number of hydrogen-bond donors (Lipinski definition) is 0. The third-order valence-corrected chi connectivity index (χ3v) is 2.24. The standard InChI is InChI=1S/C11H13ClO2/c1-8(7-14-2)11(13)9-3-5-10(12)6-4-9/h3-6,8H,7H2,1-2H3. The number of Topliss-reactive ketones (excluding diaryl/α,β-unsaturated/α-hetero) is 1. The van der Waals surface area contributed by atoms with Gasteiger partial charge in [-0.25, -0.2) is 0 Å². The van der Waals surface area contributed by atoms with E-state index in [2.05, 4.69) is 0 Å². The van der Waals surface area contributed by atoms with Crippen LogP contribution in [0.4, 0.5) is 0 Å². The number of ether oxygens (including phenoxy) is 1. The Balaban J connectivity index is 2.74. The molecule has 0 amide bonds. The van der Waals surface area contributed by atoms with Crippen molar-refractivity contribution in [2.24, 2.45) is 5.92 Å². The molecule has 0 fully saturated rings. The molecule has 0 spiro atoms. The van der Waals surface area contributed by atoms with Crippen LogP contribution in [0.5, 0.6) is 0 Å². The highest BCUT2D eigenvalue weighted by molar-refractivity contribution is 6.30. The van der Waals surface area contributed by atoms with Crippen LogP contribution in [0.3, 0.4) is 0 Å². The van der Waals surface area contributed by atoms with E-state index in [1.807, 2.05) is 6.92 Å². The lowest BCUT2D eigenvalue weighted by molar-refractivity contribution is 0.0830. The fourth-order valence-electron chi connectivity index (χ4n) is 1.22. The Morgan fingerprint density at radius 3 is 2.50 bits per heavy atom. The van der Waals surface area contributed by atoms with Crippen LogP contribution in [0.25, 0.3) is 0 Å². The van der Waals surface area contributed by atoms with Crippen LogP contribution in [0, 0.1) is 5.92 Å². The molecule has 0 radical (unpaired) electrons. The van der Waals surface area contributed by atoms with Crippen LogP contribution in [-0.2, 0) is 4.74 Å². The first kappa shape index (κ1) is 11.2. The van der Waals surface area contributed by atoms with E-state index in [1.54, 1.807) is 31.4 Å². The zero-order valence-electron chi connectivity index (χ0n) is 8.29. The van der Waals surface area contributed by atoms with Gasteiger partial charge in [-0.15, -0.1) is 0 Å². The van der Waals surface area contributed by atoms with Crippen molar-refractivity contribution in [3.05, 3.63) is 34.9 Å². The number of carbonyl (C=O) groups excluding carboxylic acids is 1. The highest BCUT2D eigenvalue weighted by atomic mass is 35.5. The van der Waals surface area contributed by atoms with Gasteiger partial charge in [0.25, 0.3) is 0 Å². The third kappa shape index (κ3) is 2.82. The molecule has 0 saturated heterocycles. The molecule has 3 heteroatoms. The maximum Gasteiger partial charge on any atom is 0.167 e. The van der Waals surface area contributed by atoms with Crippen molar-refractivity contribution in [2.45, 2.75) is 6.92 Å². The van der Waals surface area contributed by atoms with Crippen LogP contribution in [0.15, 0.2) is 24.3 Å². The molecule has 0 aliphatic carbocycles. The van der Waals surface area contributed by atoms with E-state index in [-0.39, 0.29) is 11.7 Å². The van der Waals surface area contributed by atoms with Crippen molar-refractivity contribution < 1.29 is 9.53 Å². The Hall–Kier alpha value is -0.860. The Labute approximate surface area is 88.8 Å². The van der Waals surface area contributed by atoms with E-state index < -0.39 is 0 Å². The quantitative estimate of drug-likeness (QED) is 0.718. The number of hydrogen-bond acceptors (Lipinski definition) is 2. The van der Waals surface area contributed by atoms with E-state index in [9.17, 15) is 4.79 Å². The van der Waals surface area contributed by atoms with Crippen LogP contribution in [0.2, 0.25) is 5.02 Å². The predicted molar refractivity (Wildman–Crippen MR) is 56.8 cm³/mol. The largest absolute Gasteiger partial charge is 0.384 e. The smallest absolute Gasteiger partial charge is 0.167 e. The van der Waals surface area contributed by atoms with Gasteiger partial charge in [0, 0.05) is 23.6 Å². The van der Waals surface area contributed by atoms with Gasteiger partial charge < -0.3 is 4.74 Å². The fourth-order valence-corrected chi connectivity index (χ4v) is 1.35. The number of rotatable bonds is 4. The first-order chi connectivity index (χ1) is 6.65. The highest BCUT2D eigenvalue weighted by Gasteiger charge is 2.14. The lowest BCUT2D eigenvalue weighted by Crippen LogP contribution is -2.16. The molecule has 0 saturated carbocycles. The average molecular weight is 213 g/mol. The van der Waals surface area contributed by atoms with Crippen molar-refractivity contribution in [2.75, 3.05) is 13.7 Å². The topological polar surface area (TPSA) is 26.3 Å². The van der Waals surface area contributed by atoms with E-state index in [1.165, 1.54) is 0 Å². The molecule has 0 aromatic heterocycles. The molecule has 1 aromatic rings. The SMILES string of the molecule is COCC(C)C(=O)c1ccc(Cl)cc1. The first-order valence-electron chi connectivity index (χ1n) is 4.44. The number of halogens is 1. The molecule has 0 N–H and O–H groups in total. The zero-order chi connectivity index (χ0) is 10.6. The summed E-state index contributed by atoms with van der Waals surface area (Å²) in [5, 5.41) is 0.640. The molecule has 1 unspecified atom stereocenters. The molecule has 14 heavy (non-hydrogen) atoms. The Kier molecular flexibility index (Phi) is 4.11. The molecule has 1 rings (SSSR count). The Bertz CT molecular complexity index is 306. The van der Waals surface area contributed by atoms with Gasteiger partial charge in [-0.1, -0.05) is 18.5 Å². The first-order valence-corrected chi connectivity index (χ1v) is 4.81. The molecule has 0 aliphatic rings. The summed E-state index contributed by atoms with van der Waals surface area (Å²) in [5.41, 5.74) is 0.680. The minimum Gasteiger partial charge on any atom is -0.384 e. The summed E-state index contributed by atoms with van der Waals surface area (Å²) in [6.45, 7) is 2.29. The van der Waals surface area contributed by atoms with Crippen molar-refractivity contribution in [3.8, 4) is 0 Å². The summed E-state index contributed by atoms with van der Waals surface area (Å²) in [6.07, 6.45) is 0. The van der Waals surface area contributed by atoms with Crippen molar-refractivity contribution >= 4 is 17.4 Å². The molecule has 0 aliphatic heterocycles. The number of carbonyl (C=O) groups is 1. The Morgan fingerprint density at radius 1 is 1.43 bits per heavy atom. The highest BCUT2D eigenvalue weighted by Crippen LogP contribution is 2.13. The minimum atomic E-state index is -0.110. The fraction of sp³-hybridized carbons (Fsp3) is 0.364. The van der Waals surface area contributed by atoms with Gasteiger partial charge in [-0.05, 0) is 24.3 Å². The molecular formula is C11H13ClO2. The van der Waals surface area contributed by atoms with Gasteiger partial charge in [-0.2, -0.15) is 0 Å². The second-order valence-corrected chi connectivity index (χ2v) is 3.66. The molecule has 0 bridgehead atoms. The molecule has 1 aromatic carbocycles. The van der Waals surface area contributed by atoms with Crippen LogP contribution >= 0.6 is 11.6 Å². The van der Waals surface area contributed by atoms with Crippen LogP contribution in [-0.4, -0.2) is 19.5 Å². The molecular weight excluding hydrogens is 200 g/mol. The zero-order valence-corrected chi connectivity index (χ0v) is 9.04. The van der Waals surface area contributed by atoms with Gasteiger partial charge in [0.1, 0.15) is 0 Å².